The van der Waals surface area contributed by atoms with Crippen LogP contribution in [0.3, 0.4) is 0 Å². The number of hydrogen-bond acceptors (Lipinski definition) is 4. The van der Waals surface area contributed by atoms with Crippen molar-refractivity contribution in [2.75, 3.05) is 7.11 Å². The largest absolute Gasteiger partial charge is 0.377 e. The third-order valence-electron chi connectivity index (χ3n) is 4.62. The molecule has 5 nitrogen and oxygen atoms in total. The molecule has 1 atom stereocenters. The van der Waals surface area contributed by atoms with E-state index < -0.39 is 0 Å². The maximum Gasteiger partial charge on any atom is 0.130 e. The molecule has 114 valence electrons. The van der Waals surface area contributed by atoms with E-state index in [1.807, 2.05) is 14.0 Å². The fourth-order valence-electron chi connectivity index (χ4n) is 3.35. The first-order chi connectivity index (χ1) is 9.54. The molecule has 0 amide bonds. The predicted molar refractivity (Wildman–Crippen MR) is 80.6 cm³/mol. The number of nitrogens with zero attached hydrogens (tertiary/aromatic N) is 2. The van der Waals surface area contributed by atoms with Crippen LogP contribution < -0.4 is 11.3 Å². The Morgan fingerprint density at radius 3 is 2.55 bits per heavy atom. The number of hydrazine groups is 1. The Morgan fingerprint density at radius 1 is 1.45 bits per heavy atom. The molecule has 0 bridgehead atoms. The zero-order valence-corrected chi connectivity index (χ0v) is 13.3. The second-order valence-corrected chi connectivity index (χ2v) is 6.09. The molecule has 1 unspecified atom stereocenters. The van der Waals surface area contributed by atoms with Crippen LogP contribution in [0.5, 0.6) is 0 Å². The van der Waals surface area contributed by atoms with Crippen LogP contribution in [0.15, 0.2) is 0 Å². The minimum absolute atomic E-state index is 0.0493. The SMILES string of the molecule is COC1(C(Cc2c(C)nn(C)c2Cl)NN)CCCCC1. The fourth-order valence-corrected chi connectivity index (χ4v) is 3.60. The maximum absolute atomic E-state index is 6.33. The van der Waals surface area contributed by atoms with E-state index in [1.54, 1.807) is 11.8 Å². The molecule has 1 aliphatic carbocycles. The van der Waals surface area contributed by atoms with Gasteiger partial charge in [-0.05, 0) is 26.2 Å². The molecule has 1 heterocycles. The highest BCUT2D eigenvalue weighted by Crippen LogP contribution is 2.36. The number of methoxy groups -OCH3 is 1. The topological polar surface area (TPSA) is 65.1 Å². The minimum Gasteiger partial charge on any atom is -0.377 e. The van der Waals surface area contributed by atoms with Gasteiger partial charge in [0.2, 0.25) is 0 Å². The van der Waals surface area contributed by atoms with Gasteiger partial charge in [0.1, 0.15) is 5.15 Å². The molecule has 20 heavy (non-hydrogen) atoms. The number of nitrogens with one attached hydrogen (secondary N) is 1. The fraction of sp³-hybridized carbons (Fsp3) is 0.786. The molecule has 0 radical (unpaired) electrons. The quantitative estimate of drug-likeness (QED) is 0.646. The Labute approximate surface area is 125 Å². The van der Waals surface area contributed by atoms with Crippen molar-refractivity contribution in [1.82, 2.24) is 15.2 Å². The van der Waals surface area contributed by atoms with Gasteiger partial charge >= 0.3 is 0 Å². The van der Waals surface area contributed by atoms with Crippen LogP contribution in [0.25, 0.3) is 0 Å². The molecule has 2 rings (SSSR count). The molecule has 0 saturated heterocycles. The van der Waals surface area contributed by atoms with Gasteiger partial charge in [0.15, 0.2) is 0 Å². The van der Waals surface area contributed by atoms with Crippen LogP contribution in [0.1, 0.15) is 43.4 Å². The third-order valence-corrected chi connectivity index (χ3v) is 5.09. The summed E-state index contributed by atoms with van der Waals surface area (Å²) in [5, 5.41) is 5.05. The number of ether oxygens (including phenoxy) is 1. The molecular weight excluding hydrogens is 276 g/mol. The van der Waals surface area contributed by atoms with Crippen molar-refractivity contribution in [3.8, 4) is 0 Å². The van der Waals surface area contributed by atoms with Gasteiger partial charge in [-0.25, -0.2) is 0 Å². The standard InChI is InChI=1S/C14H25ClN4O/c1-10-11(13(15)19(2)18-10)9-12(17-16)14(20-3)7-5-4-6-8-14/h12,17H,4-9,16H2,1-3H3. The molecule has 1 saturated carbocycles. The lowest BCUT2D eigenvalue weighted by Gasteiger charge is -2.42. The van der Waals surface area contributed by atoms with Crippen molar-refractivity contribution in [1.29, 1.82) is 0 Å². The lowest BCUT2D eigenvalue weighted by Crippen LogP contribution is -2.56. The average Bonchev–Trinajstić information content (AvgIpc) is 2.71. The zero-order valence-electron chi connectivity index (χ0n) is 12.6. The highest BCUT2D eigenvalue weighted by atomic mass is 35.5. The summed E-state index contributed by atoms with van der Waals surface area (Å²) in [7, 11) is 3.64. The second kappa shape index (κ2) is 6.43. The van der Waals surface area contributed by atoms with E-state index in [1.165, 1.54) is 19.3 Å². The van der Waals surface area contributed by atoms with E-state index in [0.29, 0.717) is 5.15 Å². The van der Waals surface area contributed by atoms with Crippen LogP contribution in [0, 0.1) is 6.92 Å². The Morgan fingerprint density at radius 2 is 2.10 bits per heavy atom. The van der Waals surface area contributed by atoms with Gasteiger partial charge in [-0.15, -0.1) is 0 Å². The van der Waals surface area contributed by atoms with E-state index >= 15 is 0 Å². The first-order valence-corrected chi connectivity index (χ1v) is 7.61. The zero-order chi connectivity index (χ0) is 14.8. The molecule has 0 spiro atoms. The molecule has 0 aromatic carbocycles. The smallest absolute Gasteiger partial charge is 0.130 e. The van der Waals surface area contributed by atoms with Crippen molar-refractivity contribution < 1.29 is 4.74 Å². The summed E-state index contributed by atoms with van der Waals surface area (Å²) < 4.78 is 7.59. The molecule has 1 aromatic rings. The van der Waals surface area contributed by atoms with E-state index in [9.17, 15) is 0 Å². The summed E-state index contributed by atoms with van der Waals surface area (Å²) in [6.07, 6.45) is 6.46. The van der Waals surface area contributed by atoms with E-state index in [4.69, 9.17) is 22.2 Å². The highest BCUT2D eigenvalue weighted by molar-refractivity contribution is 6.30. The van der Waals surface area contributed by atoms with Crippen LogP contribution in [-0.4, -0.2) is 28.5 Å². The van der Waals surface area contributed by atoms with E-state index in [2.05, 4.69) is 10.5 Å². The summed E-state index contributed by atoms with van der Waals surface area (Å²) in [5.41, 5.74) is 4.77. The number of aryl methyl sites for hydroxylation is 2. The number of aromatic nitrogens is 2. The summed E-state index contributed by atoms with van der Waals surface area (Å²) in [6.45, 7) is 1.98. The van der Waals surface area contributed by atoms with Crippen LogP contribution in [0.4, 0.5) is 0 Å². The number of hydrogen-bond donors (Lipinski definition) is 2. The summed E-state index contributed by atoms with van der Waals surface area (Å²) in [5.74, 6) is 5.82. The summed E-state index contributed by atoms with van der Waals surface area (Å²) in [4.78, 5) is 0. The van der Waals surface area contributed by atoms with Crippen molar-refractivity contribution in [2.45, 2.75) is 57.1 Å². The first kappa shape index (κ1) is 15.8. The van der Waals surface area contributed by atoms with Crippen LogP contribution in [0.2, 0.25) is 5.15 Å². The number of halogens is 1. The molecule has 0 aliphatic heterocycles. The lowest BCUT2D eigenvalue weighted by molar-refractivity contribution is -0.0674. The van der Waals surface area contributed by atoms with Crippen molar-refractivity contribution >= 4 is 11.6 Å². The summed E-state index contributed by atoms with van der Waals surface area (Å²) in [6, 6.07) is 0.0493. The Bertz CT molecular complexity index is 454. The van der Waals surface area contributed by atoms with E-state index in [-0.39, 0.29) is 11.6 Å². The van der Waals surface area contributed by atoms with Crippen molar-refractivity contribution in [3.63, 3.8) is 0 Å². The van der Waals surface area contributed by atoms with Crippen molar-refractivity contribution in [2.24, 2.45) is 12.9 Å². The number of nitrogens with two attached hydrogens (primary N) is 1. The molecular formula is C14H25ClN4O. The Kier molecular flexibility index (Phi) is 5.07. The second-order valence-electron chi connectivity index (χ2n) is 5.73. The van der Waals surface area contributed by atoms with Gasteiger partial charge in [-0.3, -0.25) is 16.0 Å². The average molecular weight is 301 g/mol. The van der Waals surface area contributed by atoms with E-state index in [0.717, 1.165) is 30.5 Å². The summed E-state index contributed by atoms with van der Waals surface area (Å²) >= 11 is 6.33. The maximum atomic E-state index is 6.33. The molecule has 1 aliphatic rings. The molecule has 3 N–H and O–H groups in total. The lowest BCUT2D eigenvalue weighted by atomic mass is 9.77. The molecule has 1 aromatic heterocycles. The first-order valence-electron chi connectivity index (χ1n) is 7.23. The minimum atomic E-state index is -0.196. The van der Waals surface area contributed by atoms with Crippen LogP contribution in [-0.2, 0) is 18.2 Å². The van der Waals surface area contributed by atoms with Crippen molar-refractivity contribution in [3.05, 3.63) is 16.4 Å². The predicted octanol–water partition coefficient (Wildman–Crippen LogP) is 2.11. The van der Waals surface area contributed by atoms with Gasteiger partial charge < -0.3 is 4.74 Å². The Balaban J connectivity index is 2.23. The Hall–Kier alpha value is -0.620. The monoisotopic (exact) mass is 300 g/mol. The third kappa shape index (κ3) is 2.86. The highest BCUT2D eigenvalue weighted by Gasteiger charge is 2.40. The van der Waals surface area contributed by atoms with Crippen LogP contribution >= 0.6 is 11.6 Å². The van der Waals surface area contributed by atoms with Gasteiger partial charge in [-0.1, -0.05) is 30.9 Å². The molecule has 6 heteroatoms. The number of rotatable bonds is 5. The normalized spacial score (nSPS) is 20.1. The van der Waals surface area contributed by atoms with Gasteiger partial charge in [-0.2, -0.15) is 5.10 Å². The molecule has 1 fully saturated rings. The van der Waals surface area contributed by atoms with Gasteiger partial charge in [0.05, 0.1) is 17.3 Å². The van der Waals surface area contributed by atoms with Gasteiger partial charge in [0, 0.05) is 19.7 Å². The van der Waals surface area contributed by atoms with Gasteiger partial charge in [0.25, 0.3) is 0 Å².